The van der Waals surface area contributed by atoms with Crippen LogP contribution in [0.25, 0.3) is 0 Å². The molecule has 1 aliphatic carbocycles. The predicted molar refractivity (Wildman–Crippen MR) is 139 cm³/mol. The van der Waals surface area contributed by atoms with Crippen molar-refractivity contribution in [2.75, 3.05) is 26.0 Å². The number of nitrogens with zero attached hydrogens (tertiary/aromatic N) is 2. The van der Waals surface area contributed by atoms with Crippen molar-refractivity contribution in [1.82, 2.24) is 9.88 Å². The minimum Gasteiger partial charge on any atom is -0.493 e. The first kappa shape index (κ1) is 24.6. The van der Waals surface area contributed by atoms with E-state index in [-0.39, 0.29) is 18.1 Å². The molecule has 35 heavy (non-hydrogen) atoms. The lowest BCUT2D eigenvalue weighted by atomic mass is 9.85. The number of aromatic nitrogens is 1. The van der Waals surface area contributed by atoms with Crippen LogP contribution < -0.4 is 14.8 Å². The summed E-state index contributed by atoms with van der Waals surface area (Å²) in [5.74, 6) is 1.62. The van der Waals surface area contributed by atoms with Crippen LogP contribution in [0.2, 0.25) is 0 Å². The molecule has 1 atom stereocenters. The number of amides is 2. The summed E-state index contributed by atoms with van der Waals surface area (Å²) in [6.07, 6.45) is 9.28. The first-order valence-electron chi connectivity index (χ1n) is 12.4. The number of urea groups is 1. The molecular formula is C29H35N3O3. The van der Waals surface area contributed by atoms with Crippen molar-refractivity contribution < 1.29 is 14.3 Å². The molecule has 0 radical (unpaired) electrons. The lowest BCUT2D eigenvalue weighted by Crippen LogP contribution is -2.30. The van der Waals surface area contributed by atoms with Crippen LogP contribution in [-0.2, 0) is 6.42 Å². The van der Waals surface area contributed by atoms with Crippen molar-refractivity contribution in [3.63, 3.8) is 0 Å². The van der Waals surface area contributed by atoms with Crippen LogP contribution in [0.3, 0.4) is 0 Å². The summed E-state index contributed by atoms with van der Waals surface area (Å²) in [7, 11) is 3.47. The summed E-state index contributed by atoms with van der Waals surface area (Å²) in [6.45, 7) is 2.60. The van der Waals surface area contributed by atoms with Crippen molar-refractivity contribution in [2.24, 2.45) is 0 Å². The van der Waals surface area contributed by atoms with Crippen molar-refractivity contribution in [1.29, 1.82) is 0 Å². The fourth-order valence-corrected chi connectivity index (χ4v) is 4.57. The van der Waals surface area contributed by atoms with Gasteiger partial charge in [-0.3, -0.25) is 4.98 Å². The van der Waals surface area contributed by atoms with Crippen LogP contribution in [0.4, 0.5) is 10.5 Å². The number of benzene rings is 2. The van der Waals surface area contributed by atoms with E-state index < -0.39 is 0 Å². The fraction of sp³-hybridized carbons (Fsp3) is 0.379. The highest BCUT2D eigenvalue weighted by Gasteiger charge is 2.22. The van der Waals surface area contributed by atoms with Crippen molar-refractivity contribution >= 4 is 11.7 Å². The maximum atomic E-state index is 12.4. The van der Waals surface area contributed by atoms with Gasteiger partial charge in [0.1, 0.15) is 0 Å². The monoisotopic (exact) mass is 473 g/mol. The Morgan fingerprint density at radius 2 is 1.80 bits per heavy atom. The molecule has 184 valence electrons. The van der Waals surface area contributed by atoms with Crippen LogP contribution >= 0.6 is 0 Å². The Labute approximate surface area is 208 Å². The van der Waals surface area contributed by atoms with Gasteiger partial charge in [-0.05, 0) is 92.1 Å². The van der Waals surface area contributed by atoms with Gasteiger partial charge >= 0.3 is 6.03 Å². The zero-order valence-electron chi connectivity index (χ0n) is 20.9. The normalized spacial score (nSPS) is 14.4. The predicted octanol–water partition coefficient (Wildman–Crippen LogP) is 6.27. The minimum absolute atomic E-state index is 0.0648. The Kier molecular flexibility index (Phi) is 8.24. The van der Waals surface area contributed by atoms with Gasteiger partial charge in [0.05, 0.1) is 13.2 Å². The molecule has 0 saturated heterocycles. The molecule has 1 saturated carbocycles. The van der Waals surface area contributed by atoms with Crippen molar-refractivity contribution in [2.45, 2.75) is 51.0 Å². The van der Waals surface area contributed by atoms with Crippen molar-refractivity contribution in [3.8, 4) is 11.5 Å². The third kappa shape index (κ3) is 6.32. The Balaban J connectivity index is 1.68. The molecular weight excluding hydrogens is 438 g/mol. The molecule has 3 aromatic rings. The first-order chi connectivity index (χ1) is 17.1. The number of pyridine rings is 1. The second-order valence-corrected chi connectivity index (χ2v) is 9.12. The Morgan fingerprint density at radius 1 is 1.06 bits per heavy atom. The maximum absolute atomic E-state index is 12.4. The molecule has 6 nitrogen and oxygen atoms in total. The molecule has 1 aliphatic rings. The second-order valence-electron chi connectivity index (χ2n) is 9.12. The molecule has 2 aromatic carbocycles. The summed E-state index contributed by atoms with van der Waals surface area (Å²) >= 11 is 0. The molecule has 0 aliphatic heterocycles. The van der Waals surface area contributed by atoms with E-state index in [0.717, 1.165) is 47.6 Å². The Hall–Kier alpha value is -3.54. The van der Waals surface area contributed by atoms with E-state index in [0.29, 0.717) is 6.54 Å². The number of anilines is 1. The minimum atomic E-state index is -0.118. The number of methoxy groups -OCH3 is 1. The average Bonchev–Trinajstić information content (AvgIpc) is 3.40. The summed E-state index contributed by atoms with van der Waals surface area (Å²) < 4.78 is 12.0. The van der Waals surface area contributed by atoms with Gasteiger partial charge in [-0.15, -0.1) is 0 Å². The molecule has 1 heterocycles. The van der Waals surface area contributed by atoms with Crippen molar-refractivity contribution in [3.05, 3.63) is 83.7 Å². The third-order valence-electron chi connectivity index (χ3n) is 6.74. The zero-order valence-corrected chi connectivity index (χ0v) is 20.9. The van der Waals surface area contributed by atoms with Crippen LogP contribution in [0.15, 0.2) is 67.0 Å². The SMILES string of the molecule is CCN(C)C(=O)Nc1cccc([C@@H](Cc2ccncc2)c2ccc(OC)c(OC3CCCC3)c2)c1. The molecule has 0 unspecified atom stereocenters. The molecule has 2 amide bonds. The largest absolute Gasteiger partial charge is 0.493 e. The summed E-state index contributed by atoms with van der Waals surface area (Å²) in [5.41, 5.74) is 4.24. The summed E-state index contributed by atoms with van der Waals surface area (Å²) in [5, 5.41) is 3.01. The standard InChI is InChI=1S/C29H35N3O3/c1-4-32(2)29(33)31-24-9-7-8-22(19-24)26(18-21-14-16-30-17-15-21)23-12-13-27(34-3)28(20-23)35-25-10-5-6-11-25/h7-9,12-17,19-20,25-26H,4-6,10-11,18H2,1-3H3,(H,31,33)/t26-/m1/s1. The molecule has 1 N–H and O–H groups in total. The van der Waals surface area contributed by atoms with Gasteiger partial charge in [-0.1, -0.05) is 18.2 Å². The fourth-order valence-electron chi connectivity index (χ4n) is 4.57. The maximum Gasteiger partial charge on any atom is 0.321 e. The van der Waals surface area contributed by atoms with E-state index in [1.165, 1.54) is 18.4 Å². The highest BCUT2D eigenvalue weighted by molar-refractivity contribution is 5.89. The van der Waals surface area contributed by atoms with Crippen LogP contribution in [-0.4, -0.2) is 42.7 Å². The lowest BCUT2D eigenvalue weighted by molar-refractivity contribution is 0.200. The molecule has 0 spiro atoms. The number of rotatable bonds is 9. The van der Waals surface area contributed by atoms with E-state index in [4.69, 9.17) is 9.47 Å². The van der Waals surface area contributed by atoms with Gasteiger partial charge in [0, 0.05) is 37.6 Å². The van der Waals surface area contributed by atoms with Crippen LogP contribution in [0.1, 0.15) is 55.2 Å². The summed E-state index contributed by atoms with van der Waals surface area (Å²) in [4.78, 5) is 18.3. The van der Waals surface area contributed by atoms with Gasteiger partial charge in [0.2, 0.25) is 0 Å². The Bertz CT molecular complexity index is 1110. The topological polar surface area (TPSA) is 63.7 Å². The average molecular weight is 474 g/mol. The van der Waals surface area contributed by atoms with Gasteiger partial charge in [0.25, 0.3) is 0 Å². The molecule has 1 fully saturated rings. The second kappa shape index (κ2) is 11.7. The highest BCUT2D eigenvalue weighted by Crippen LogP contribution is 2.37. The third-order valence-corrected chi connectivity index (χ3v) is 6.74. The number of hydrogen-bond acceptors (Lipinski definition) is 4. The zero-order chi connectivity index (χ0) is 24.6. The van der Waals surface area contributed by atoms with Gasteiger partial charge in [-0.2, -0.15) is 0 Å². The first-order valence-corrected chi connectivity index (χ1v) is 12.4. The quantitative estimate of drug-likeness (QED) is 0.398. The van der Waals surface area contributed by atoms with E-state index >= 15 is 0 Å². The highest BCUT2D eigenvalue weighted by atomic mass is 16.5. The molecule has 0 bridgehead atoms. The van der Waals surface area contributed by atoms with Gasteiger partial charge < -0.3 is 19.7 Å². The summed E-state index contributed by atoms with van der Waals surface area (Å²) in [6, 6.07) is 18.3. The number of carbonyl (C=O) groups is 1. The molecule has 4 rings (SSSR count). The van der Waals surface area contributed by atoms with E-state index in [1.807, 2.05) is 49.6 Å². The number of carbonyl (C=O) groups excluding carboxylic acids is 1. The molecule has 6 heteroatoms. The van der Waals surface area contributed by atoms with Gasteiger partial charge in [0.15, 0.2) is 11.5 Å². The Morgan fingerprint density at radius 3 is 2.51 bits per heavy atom. The lowest BCUT2D eigenvalue weighted by Gasteiger charge is -2.22. The van der Waals surface area contributed by atoms with Gasteiger partial charge in [-0.25, -0.2) is 4.79 Å². The number of ether oxygens (including phenoxy) is 2. The van der Waals surface area contributed by atoms with Crippen LogP contribution in [0, 0.1) is 0 Å². The van der Waals surface area contributed by atoms with E-state index in [1.54, 1.807) is 19.1 Å². The number of hydrogen-bond donors (Lipinski definition) is 1. The molecule has 1 aromatic heterocycles. The smallest absolute Gasteiger partial charge is 0.321 e. The van der Waals surface area contributed by atoms with E-state index in [9.17, 15) is 4.79 Å². The van der Waals surface area contributed by atoms with Crippen LogP contribution in [0.5, 0.6) is 11.5 Å². The van der Waals surface area contributed by atoms with E-state index in [2.05, 4.69) is 34.6 Å². The number of nitrogens with one attached hydrogen (secondary N) is 1.